The largest absolute Gasteiger partial charge is 0.493 e. The number of hydrogen-bond donors (Lipinski definition) is 4. The number of benzene rings is 1. The van der Waals surface area contributed by atoms with Crippen LogP contribution < -0.4 is 21.8 Å². The van der Waals surface area contributed by atoms with Gasteiger partial charge in [-0.25, -0.2) is 9.79 Å². The van der Waals surface area contributed by atoms with Crippen molar-refractivity contribution in [3.63, 3.8) is 0 Å². The summed E-state index contributed by atoms with van der Waals surface area (Å²) in [7, 11) is 0. The number of nitrogens with zero attached hydrogens (tertiary/aromatic N) is 5. The smallest absolute Gasteiger partial charge is 0.326 e. The second-order valence-corrected chi connectivity index (χ2v) is 7.87. The molecular weight excluding hydrogens is 420 g/mol. The summed E-state index contributed by atoms with van der Waals surface area (Å²) < 4.78 is 1.56. The van der Waals surface area contributed by atoms with Gasteiger partial charge in [-0.2, -0.15) is 19.6 Å². The van der Waals surface area contributed by atoms with Gasteiger partial charge in [0, 0.05) is 16.8 Å². The van der Waals surface area contributed by atoms with Gasteiger partial charge in [-0.3, -0.25) is 4.98 Å². The van der Waals surface area contributed by atoms with Crippen LogP contribution in [0.2, 0.25) is 5.02 Å². The van der Waals surface area contributed by atoms with Crippen LogP contribution in [0.1, 0.15) is 29.7 Å². The number of anilines is 1. The van der Waals surface area contributed by atoms with E-state index in [0.717, 1.165) is 24.0 Å². The van der Waals surface area contributed by atoms with Crippen molar-refractivity contribution in [1.82, 2.24) is 29.5 Å². The standard InChI is InChI=1S/C20H19ClN8O2/c1-10-2-3-11(6-14(10)21)8-22-18-26-16-12(7-15-17(30)27-20(31)25-15)9-23-29(16)19(28-18)24-13-4-5-13/h2-3,6-7,9,13,30H,4-5,8H2,1H3,(H,22,24,28)(H2,25,27,31)/b12-7+. The molecule has 0 radical (unpaired) electrons. The Balaban J connectivity index is 1.57. The SMILES string of the molecule is Cc1ccc(CNc2nc(=NC3CC3)n3nc/c(=C\c4[nH]c(=O)[nH]c4O)c3n2)cc1Cl. The molecule has 0 unspecified atom stereocenters. The van der Waals surface area contributed by atoms with Crippen molar-refractivity contribution in [3.8, 4) is 5.88 Å². The van der Waals surface area contributed by atoms with E-state index in [9.17, 15) is 9.90 Å². The molecule has 0 atom stereocenters. The number of rotatable bonds is 5. The van der Waals surface area contributed by atoms with Crippen LogP contribution in [0.4, 0.5) is 5.95 Å². The first-order chi connectivity index (χ1) is 15.0. The molecule has 1 aliphatic carbocycles. The number of aromatic hydroxyl groups is 1. The minimum absolute atomic E-state index is 0.239. The summed E-state index contributed by atoms with van der Waals surface area (Å²) in [6.45, 7) is 2.44. The molecule has 0 saturated heterocycles. The fourth-order valence-electron chi connectivity index (χ4n) is 3.09. The Hall–Kier alpha value is -3.66. The second-order valence-electron chi connectivity index (χ2n) is 7.47. The van der Waals surface area contributed by atoms with Crippen LogP contribution in [-0.2, 0) is 6.54 Å². The Morgan fingerprint density at radius 3 is 2.90 bits per heavy atom. The summed E-state index contributed by atoms with van der Waals surface area (Å²) in [4.78, 5) is 30.0. The number of H-pyrrole nitrogens is 2. The average Bonchev–Trinajstić information content (AvgIpc) is 3.37. The summed E-state index contributed by atoms with van der Waals surface area (Å²) >= 11 is 6.22. The zero-order valence-corrected chi connectivity index (χ0v) is 17.3. The molecule has 0 bridgehead atoms. The van der Waals surface area contributed by atoms with Crippen LogP contribution in [0.25, 0.3) is 11.7 Å². The maximum atomic E-state index is 11.4. The molecule has 31 heavy (non-hydrogen) atoms. The molecule has 0 aliphatic heterocycles. The van der Waals surface area contributed by atoms with Gasteiger partial charge in [0.2, 0.25) is 11.8 Å². The van der Waals surface area contributed by atoms with Crippen molar-refractivity contribution in [2.75, 3.05) is 5.32 Å². The van der Waals surface area contributed by atoms with E-state index < -0.39 is 5.69 Å². The van der Waals surface area contributed by atoms with Gasteiger partial charge in [-0.1, -0.05) is 23.7 Å². The molecule has 4 N–H and O–H groups in total. The van der Waals surface area contributed by atoms with E-state index in [2.05, 4.69) is 35.3 Å². The number of aromatic amines is 2. The maximum absolute atomic E-state index is 11.4. The Labute approximate surface area is 180 Å². The van der Waals surface area contributed by atoms with E-state index in [4.69, 9.17) is 11.6 Å². The van der Waals surface area contributed by atoms with Gasteiger partial charge < -0.3 is 15.4 Å². The number of imidazole rings is 1. The quantitative estimate of drug-likeness (QED) is 0.367. The minimum atomic E-state index is -0.501. The number of hydrogen-bond acceptors (Lipinski definition) is 7. The first kappa shape index (κ1) is 19.3. The minimum Gasteiger partial charge on any atom is -0.493 e. The Bertz CT molecular complexity index is 1460. The zero-order chi connectivity index (χ0) is 21.5. The van der Waals surface area contributed by atoms with Crippen molar-refractivity contribution in [2.45, 2.75) is 32.4 Å². The molecule has 1 aliphatic rings. The number of halogens is 1. The third-order valence-electron chi connectivity index (χ3n) is 4.95. The van der Waals surface area contributed by atoms with Crippen molar-refractivity contribution < 1.29 is 5.11 Å². The number of nitrogens with one attached hydrogen (secondary N) is 3. The first-order valence-electron chi connectivity index (χ1n) is 9.78. The average molecular weight is 439 g/mol. The van der Waals surface area contributed by atoms with Crippen molar-refractivity contribution in [1.29, 1.82) is 0 Å². The maximum Gasteiger partial charge on any atom is 0.326 e. The highest BCUT2D eigenvalue weighted by molar-refractivity contribution is 6.31. The Morgan fingerprint density at radius 1 is 1.35 bits per heavy atom. The third-order valence-corrected chi connectivity index (χ3v) is 5.35. The van der Waals surface area contributed by atoms with Crippen molar-refractivity contribution in [2.24, 2.45) is 4.99 Å². The normalized spacial score (nSPS) is 15.2. The molecular formula is C20H19ClN8O2. The van der Waals surface area contributed by atoms with Gasteiger partial charge in [0.15, 0.2) is 5.65 Å². The monoisotopic (exact) mass is 438 g/mol. The summed E-state index contributed by atoms with van der Waals surface area (Å²) in [6, 6.07) is 6.10. The van der Waals surface area contributed by atoms with Crippen LogP contribution in [0.3, 0.4) is 0 Å². The second kappa shape index (κ2) is 7.55. The molecule has 1 saturated carbocycles. The van der Waals surface area contributed by atoms with Crippen LogP contribution in [-0.4, -0.2) is 40.7 Å². The van der Waals surface area contributed by atoms with E-state index in [0.29, 0.717) is 34.0 Å². The number of fused-ring (bicyclic) bond motifs is 1. The van der Waals surface area contributed by atoms with Crippen molar-refractivity contribution in [3.05, 3.63) is 67.6 Å². The van der Waals surface area contributed by atoms with Crippen molar-refractivity contribution >= 4 is 29.3 Å². The van der Waals surface area contributed by atoms with Gasteiger partial charge in [-0.15, -0.1) is 0 Å². The lowest BCUT2D eigenvalue weighted by molar-refractivity contribution is 0.454. The van der Waals surface area contributed by atoms with Gasteiger partial charge in [0.05, 0.1) is 12.2 Å². The zero-order valence-electron chi connectivity index (χ0n) is 16.6. The predicted octanol–water partition coefficient (Wildman–Crippen LogP) is 1.03. The highest BCUT2D eigenvalue weighted by atomic mass is 35.5. The summed E-state index contributed by atoms with van der Waals surface area (Å²) in [5, 5.41) is 18.7. The fourth-order valence-corrected chi connectivity index (χ4v) is 3.29. The van der Waals surface area contributed by atoms with Crippen LogP contribution in [0.5, 0.6) is 5.88 Å². The third kappa shape index (κ3) is 4.02. The molecule has 4 aromatic rings. The molecule has 158 valence electrons. The first-order valence-corrected chi connectivity index (χ1v) is 10.2. The highest BCUT2D eigenvalue weighted by Crippen LogP contribution is 2.22. The number of aromatic nitrogens is 6. The van der Waals surface area contributed by atoms with E-state index in [1.807, 2.05) is 25.1 Å². The molecule has 5 rings (SSSR count). The highest BCUT2D eigenvalue weighted by Gasteiger charge is 2.21. The lowest BCUT2D eigenvalue weighted by atomic mass is 10.1. The molecule has 10 nitrogen and oxygen atoms in total. The summed E-state index contributed by atoms with van der Waals surface area (Å²) in [6.07, 6.45) is 5.22. The van der Waals surface area contributed by atoms with Gasteiger partial charge in [0.25, 0.3) is 5.62 Å². The van der Waals surface area contributed by atoms with Crippen LogP contribution in [0.15, 0.2) is 34.2 Å². The summed E-state index contributed by atoms with van der Waals surface area (Å²) in [5.74, 6) is 0.140. The predicted molar refractivity (Wildman–Crippen MR) is 115 cm³/mol. The Kier molecular flexibility index (Phi) is 4.70. The molecule has 1 fully saturated rings. The van der Waals surface area contributed by atoms with E-state index in [1.165, 1.54) is 0 Å². The van der Waals surface area contributed by atoms with Crippen LogP contribution in [0, 0.1) is 6.92 Å². The molecule has 3 heterocycles. The number of aryl methyl sites for hydroxylation is 1. The van der Waals surface area contributed by atoms with Gasteiger partial charge >= 0.3 is 5.69 Å². The van der Waals surface area contributed by atoms with Gasteiger partial charge in [-0.05, 0) is 43.0 Å². The molecule has 3 aromatic heterocycles. The topological polar surface area (TPSA) is 136 Å². The van der Waals surface area contributed by atoms with Crippen LogP contribution >= 0.6 is 11.6 Å². The Morgan fingerprint density at radius 2 is 2.19 bits per heavy atom. The fraction of sp³-hybridized carbons (Fsp3) is 0.250. The molecule has 11 heteroatoms. The van der Waals surface area contributed by atoms with E-state index in [-0.39, 0.29) is 17.6 Å². The van der Waals surface area contributed by atoms with Gasteiger partial charge in [0.1, 0.15) is 5.69 Å². The van der Waals surface area contributed by atoms with E-state index in [1.54, 1.807) is 16.8 Å². The molecule has 0 amide bonds. The lowest BCUT2D eigenvalue weighted by Crippen LogP contribution is -2.24. The summed E-state index contributed by atoms with van der Waals surface area (Å²) in [5.41, 5.74) is 2.69. The molecule has 1 aromatic carbocycles. The lowest BCUT2D eigenvalue weighted by Gasteiger charge is -2.07. The molecule has 0 spiro atoms. The van der Waals surface area contributed by atoms with E-state index >= 15 is 0 Å².